The molecule has 0 unspecified atom stereocenters. The molecule has 2 aromatic heterocycles. The average molecular weight is 485 g/mol. The van der Waals surface area contributed by atoms with Gasteiger partial charge in [0.2, 0.25) is 5.69 Å². The highest BCUT2D eigenvalue weighted by Gasteiger charge is 2.24. The minimum atomic E-state index is -3.94. The Morgan fingerprint density at radius 3 is 2.63 bits per heavy atom. The third-order valence-corrected chi connectivity index (χ3v) is 7.56. The second-order valence-corrected chi connectivity index (χ2v) is 9.90. The van der Waals surface area contributed by atoms with E-state index in [4.69, 9.17) is 16.0 Å². The van der Waals surface area contributed by atoms with Crippen LogP contribution in [-0.4, -0.2) is 36.7 Å². The zero-order chi connectivity index (χ0) is 24.4. The molecule has 1 saturated heterocycles. The van der Waals surface area contributed by atoms with Crippen molar-refractivity contribution in [3.63, 3.8) is 0 Å². The molecular weight excluding hydrogens is 464 g/mol. The molecule has 5 rings (SSSR count). The molecule has 8 nitrogen and oxygen atoms in total. The van der Waals surface area contributed by atoms with Crippen molar-refractivity contribution in [1.29, 1.82) is 5.26 Å². The highest BCUT2D eigenvalue weighted by molar-refractivity contribution is 7.90. The molecule has 9 heteroatoms. The maximum atomic E-state index is 13.4. The summed E-state index contributed by atoms with van der Waals surface area (Å²) < 4.78 is 39.4. The molecule has 0 radical (unpaired) electrons. The fraction of sp³-hybridized carbons (Fsp3) is 0.192. The second-order valence-electron chi connectivity index (χ2n) is 8.09. The molecule has 4 aromatic rings. The molecule has 3 heterocycles. The van der Waals surface area contributed by atoms with Crippen LogP contribution in [0.25, 0.3) is 27.0 Å². The van der Waals surface area contributed by atoms with E-state index in [-0.39, 0.29) is 22.3 Å². The maximum absolute atomic E-state index is 13.4. The summed E-state index contributed by atoms with van der Waals surface area (Å²) in [6.07, 6.45) is 4.32. The van der Waals surface area contributed by atoms with E-state index in [0.29, 0.717) is 41.0 Å². The van der Waals surface area contributed by atoms with Crippen LogP contribution in [0.5, 0.6) is 5.75 Å². The number of ether oxygens (including phenoxy) is 2. The van der Waals surface area contributed by atoms with Crippen LogP contribution in [0.15, 0.2) is 71.9 Å². The first-order valence-corrected chi connectivity index (χ1v) is 12.4. The number of benzene rings is 2. The summed E-state index contributed by atoms with van der Waals surface area (Å²) in [5.41, 5.74) is 2.00. The summed E-state index contributed by atoms with van der Waals surface area (Å²) in [5.74, 6) is 0.476. The summed E-state index contributed by atoms with van der Waals surface area (Å²) in [6.45, 7) is 8.61. The maximum Gasteiger partial charge on any atom is 0.269 e. The molecule has 0 amide bonds. The van der Waals surface area contributed by atoms with Gasteiger partial charge in [-0.05, 0) is 35.9 Å². The van der Waals surface area contributed by atoms with E-state index >= 15 is 0 Å². The van der Waals surface area contributed by atoms with Crippen molar-refractivity contribution >= 4 is 26.7 Å². The largest absolute Gasteiger partial charge is 0.489 e. The van der Waals surface area contributed by atoms with Gasteiger partial charge in [-0.3, -0.25) is 0 Å². The molecule has 174 valence electrons. The van der Waals surface area contributed by atoms with Gasteiger partial charge in [-0.2, -0.15) is 5.26 Å². The van der Waals surface area contributed by atoms with E-state index in [1.165, 1.54) is 24.5 Å². The number of hydrogen-bond acceptors (Lipinski definition) is 6. The monoisotopic (exact) mass is 484 g/mol. The van der Waals surface area contributed by atoms with Crippen molar-refractivity contribution in [3.05, 3.63) is 84.0 Å². The number of aromatic nitrogens is 2. The van der Waals surface area contributed by atoms with Crippen molar-refractivity contribution in [2.24, 2.45) is 0 Å². The summed E-state index contributed by atoms with van der Waals surface area (Å²) in [7, 11) is -3.94. The van der Waals surface area contributed by atoms with Gasteiger partial charge in [0.1, 0.15) is 17.9 Å². The number of pyridine rings is 1. The Balaban J connectivity index is 1.64. The second kappa shape index (κ2) is 9.22. The minimum absolute atomic E-state index is 0.0231. The fourth-order valence-electron chi connectivity index (χ4n) is 4.11. The summed E-state index contributed by atoms with van der Waals surface area (Å²) in [6, 6.07) is 17.1. The number of rotatable bonds is 5. The van der Waals surface area contributed by atoms with Gasteiger partial charge in [0.25, 0.3) is 10.0 Å². The molecule has 0 N–H and O–H groups in total. The predicted molar refractivity (Wildman–Crippen MR) is 130 cm³/mol. The average Bonchev–Trinajstić information content (AvgIpc) is 3.29. The van der Waals surface area contributed by atoms with Crippen molar-refractivity contribution in [2.45, 2.75) is 23.8 Å². The fourth-order valence-corrected chi connectivity index (χ4v) is 5.46. The van der Waals surface area contributed by atoms with Crippen LogP contribution in [-0.2, 0) is 14.8 Å². The van der Waals surface area contributed by atoms with E-state index in [1.807, 2.05) is 0 Å². The van der Waals surface area contributed by atoms with Crippen molar-refractivity contribution in [1.82, 2.24) is 8.96 Å². The van der Waals surface area contributed by atoms with Crippen LogP contribution >= 0.6 is 0 Å². The van der Waals surface area contributed by atoms with Gasteiger partial charge in [0.05, 0.1) is 30.2 Å². The number of nitrogens with zero attached hydrogens (tertiary/aromatic N) is 4. The van der Waals surface area contributed by atoms with Gasteiger partial charge in [-0.15, -0.1) is 0 Å². The number of nitriles is 1. The first-order chi connectivity index (χ1) is 17.0. The SMILES string of the molecule is [C-]#[N+]c1cnc2c(c1)c(-c1ccc(OC3CCOCC3)c(C#N)c1)cn2S(=O)(=O)c1ccccc1. The lowest BCUT2D eigenvalue weighted by Crippen LogP contribution is -2.26. The Bertz CT molecular complexity index is 1590. The zero-order valence-corrected chi connectivity index (χ0v) is 19.4. The standard InChI is InChI=1S/C26H20N4O4S/c1-28-20-14-23-24(17-30(26(23)29-16-20)35(31,32)22-5-3-2-4-6-22)18-7-8-25(19(13-18)15-27)34-21-9-11-33-12-10-21/h2-8,13-14,16-17,21H,9-12H2. The number of fused-ring (bicyclic) bond motifs is 1. The molecular formula is C26H20N4O4S. The van der Waals surface area contributed by atoms with E-state index in [2.05, 4.69) is 15.9 Å². The van der Waals surface area contributed by atoms with Crippen LogP contribution in [0.4, 0.5) is 5.69 Å². The molecule has 1 fully saturated rings. The first kappa shape index (κ1) is 22.6. The molecule has 0 bridgehead atoms. The normalized spacial score (nSPS) is 14.3. The Hall–Kier alpha value is -4.18. The van der Waals surface area contributed by atoms with Crippen LogP contribution in [0.2, 0.25) is 0 Å². The van der Waals surface area contributed by atoms with Crippen molar-refractivity contribution in [2.75, 3.05) is 13.2 Å². The quantitative estimate of drug-likeness (QED) is 0.373. The van der Waals surface area contributed by atoms with Gasteiger partial charge >= 0.3 is 0 Å². The molecule has 0 saturated carbocycles. The predicted octanol–water partition coefficient (Wildman–Crippen LogP) is 4.92. The highest BCUT2D eigenvalue weighted by Crippen LogP contribution is 2.36. The van der Waals surface area contributed by atoms with Gasteiger partial charge in [-0.25, -0.2) is 22.2 Å². The van der Waals surface area contributed by atoms with Gasteiger partial charge in [0, 0.05) is 36.2 Å². The Morgan fingerprint density at radius 2 is 1.91 bits per heavy atom. The molecule has 0 spiro atoms. The third kappa shape index (κ3) is 4.24. The molecule has 2 aromatic carbocycles. The summed E-state index contributed by atoms with van der Waals surface area (Å²) >= 11 is 0. The molecule has 0 aliphatic carbocycles. The highest BCUT2D eigenvalue weighted by atomic mass is 32.2. The van der Waals surface area contributed by atoms with Gasteiger partial charge < -0.3 is 9.47 Å². The van der Waals surface area contributed by atoms with Crippen LogP contribution in [0, 0.1) is 17.9 Å². The van der Waals surface area contributed by atoms with E-state index in [0.717, 1.165) is 16.8 Å². The Labute approximate surface area is 202 Å². The molecule has 0 atom stereocenters. The zero-order valence-electron chi connectivity index (χ0n) is 18.6. The molecule has 35 heavy (non-hydrogen) atoms. The van der Waals surface area contributed by atoms with Crippen LogP contribution in [0.3, 0.4) is 0 Å². The van der Waals surface area contributed by atoms with Crippen molar-refractivity contribution in [3.8, 4) is 22.9 Å². The summed E-state index contributed by atoms with van der Waals surface area (Å²) in [4.78, 5) is 7.86. The lowest BCUT2D eigenvalue weighted by atomic mass is 10.0. The van der Waals surface area contributed by atoms with Gasteiger partial charge in [0.15, 0.2) is 5.65 Å². The topological polar surface area (TPSA) is 98.6 Å². The van der Waals surface area contributed by atoms with Crippen LogP contribution in [0.1, 0.15) is 18.4 Å². The summed E-state index contributed by atoms with van der Waals surface area (Å²) in [5, 5.41) is 10.3. The molecule has 1 aliphatic heterocycles. The van der Waals surface area contributed by atoms with Crippen molar-refractivity contribution < 1.29 is 17.9 Å². The first-order valence-electron chi connectivity index (χ1n) is 11.0. The number of hydrogen-bond donors (Lipinski definition) is 0. The van der Waals surface area contributed by atoms with Crippen LogP contribution < -0.4 is 4.74 Å². The smallest absolute Gasteiger partial charge is 0.269 e. The lowest BCUT2D eigenvalue weighted by Gasteiger charge is -2.23. The lowest BCUT2D eigenvalue weighted by molar-refractivity contribution is 0.0254. The van der Waals surface area contributed by atoms with E-state index in [1.54, 1.807) is 42.5 Å². The van der Waals surface area contributed by atoms with Gasteiger partial charge in [-0.1, -0.05) is 24.3 Å². The van der Waals surface area contributed by atoms with E-state index < -0.39 is 10.0 Å². The minimum Gasteiger partial charge on any atom is -0.489 e. The Morgan fingerprint density at radius 1 is 1.14 bits per heavy atom. The third-order valence-electron chi connectivity index (χ3n) is 5.90. The molecule has 1 aliphatic rings. The van der Waals surface area contributed by atoms with E-state index in [9.17, 15) is 13.7 Å². The Kier molecular flexibility index (Phi) is 5.96.